The molecule has 14 heavy (non-hydrogen) atoms. The molecule has 0 aliphatic heterocycles. The van der Waals surface area contributed by atoms with Crippen molar-refractivity contribution in [2.75, 3.05) is 6.26 Å². The van der Waals surface area contributed by atoms with E-state index in [1.54, 1.807) is 13.8 Å². The number of nitrogens with zero attached hydrogens (tertiary/aromatic N) is 1. The fourth-order valence-electron chi connectivity index (χ4n) is 1.26. The van der Waals surface area contributed by atoms with Crippen molar-refractivity contribution in [3.63, 3.8) is 0 Å². The maximum atomic E-state index is 11.3. The van der Waals surface area contributed by atoms with Crippen molar-refractivity contribution in [2.45, 2.75) is 13.8 Å². The summed E-state index contributed by atoms with van der Waals surface area (Å²) >= 11 is 0. The highest BCUT2D eigenvalue weighted by molar-refractivity contribution is 7.89. The minimum Gasteiger partial charge on any atom is -0.366 e. The fraction of sp³-hybridized carbons (Fsp3) is 0.375. The van der Waals surface area contributed by atoms with Gasteiger partial charge in [-0.05, 0) is 19.4 Å². The number of aromatic nitrogens is 1. The summed E-state index contributed by atoms with van der Waals surface area (Å²) < 4.78 is 23.6. The predicted octanol–water partition coefficient (Wildman–Crippen LogP) is 0.0115. The number of hydrogen-bond donors (Lipinski definition) is 1. The lowest BCUT2D eigenvalue weighted by Gasteiger charge is -2.01. The molecule has 0 radical (unpaired) electrons. The zero-order chi connectivity index (χ0) is 11.1. The Morgan fingerprint density at radius 3 is 2.14 bits per heavy atom. The molecule has 5 nitrogen and oxygen atoms in total. The van der Waals surface area contributed by atoms with Gasteiger partial charge in [0.1, 0.15) is 0 Å². The highest BCUT2D eigenvalue weighted by Gasteiger charge is 2.17. The van der Waals surface area contributed by atoms with Gasteiger partial charge in [-0.1, -0.05) is 0 Å². The van der Waals surface area contributed by atoms with Crippen LogP contribution in [0.2, 0.25) is 0 Å². The van der Waals surface area contributed by atoms with Crippen LogP contribution in [0, 0.1) is 13.8 Å². The van der Waals surface area contributed by atoms with Crippen molar-refractivity contribution < 1.29 is 13.2 Å². The standard InChI is InChI=1S/C8H12N2O3S/c1-5-6(2)10(14(3,12)13)4-7(5)8(9)11/h4H,1-3H3,(H2,9,11). The van der Waals surface area contributed by atoms with Gasteiger partial charge in [0.2, 0.25) is 10.0 Å². The molecule has 0 aliphatic carbocycles. The molecule has 6 heteroatoms. The zero-order valence-electron chi connectivity index (χ0n) is 8.23. The van der Waals surface area contributed by atoms with E-state index in [-0.39, 0.29) is 5.56 Å². The average Bonchev–Trinajstić information content (AvgIpc) is 2.28. The summed E-state index contributed by atoms with van der Waals surface area (Å²) in [4.78, 5) is 10.9. The fourth-order valence-corrected chi connectivity index (χ4v) is 2.20. The highest BCUT2D eigenvalue weighted by atomic mass is 32.2. The van der Waals surface area contributed by atoms with E-state index in [4.69, 9.17) is 5.73 Å². The number of amides is 1. The van der Waals surface area contributed by atoms with Gasteiger partial charge in [-0.15, -0.1) is 0 Å². The lowest BCUT2D eigenvalue weighted by atomic mass is 10.2. The summed E-state index contributed by atoms with van der Waals surface area (Å²) in [7, 11) is -3.36. The minimum atomic E-state index is -3.36. The summed E-state index contributed by atoms with van der Waals surface area (Å²) in [6.45, 7) is 3.29. The first kappa shape index (κ1) is 10.8. The van der Waals surface area contributed by atoms with Gasteiger partial charge in [0.15, 0.2) is 0 Å². The molecule has 0 unspecified atom stereocenters. The summed E-state index contributed by atoms with van der Waals surface area (Å²) in [5.74, 6) is -0.618. The molecule has 1 aromatic heterocycles. The van der Waals surface area contributed by atoms with Gasteiger partial charge in [0.05, 0.1) is 11.8 Å². The number of hydrogen-bond acceptors (Lipinski definition) is 3. The van der Waals surface area contributed by atoms with E-state index >= 15 is 0 Å². The smallest absolute Gasteiger partial charge is 0.250 e. The number of carbonyl (C=O) groups is 1. The molecule has 0 fully saturated rings. The van der Waals surface area contributed by atoms with Crippen LogP contribution in [-0.4, -0.2) is 24.6 Å². The molecule has 0 bridgehead atoms. The van der Waals surface area contributed by atoms with Crippen LogP contribution in [0.25, 0.3) is 0 Å². The van der Waals surface area contributed by atoms with E-state index in [2.05, 4.69) is 0 Å². The van der Waals surface area contributed by atoms with Gasteiger partial charge in [-0.2, -0.15) is 0 Å². The Morgan fingerprint density at radius 2 is 1.93 bits per heavy atom. The molecular formula is C8H12N2O3S. The van der Waals surface area contributed by atoms with Gasteiger partial charge < -0.3 is 5.73 Å². The van der Waals surface area contributed by atoms with Crippen molar-refractivity contribution in [3.8, 4) is 0 Å². The molecule has 1 aromatic rings. The van der Waals surface area contributed by atoms with Gasteiger partial charge >= 0.3 is 0 Å². The monoisotopic (exact) mass is 216 g/mol. The van der Waals surface area contributed by atoms with E-state index in [0.717, 1.165) is 10.2 Å². The largest absolute Gasteiger partial charge is 0.366 e. The van der Waals surface area contributed by atoms with Crippen LogP contribution in [0.1, 0.15) is 21.6 Å². The average molecular weight is 216 g/mol. The quantitative estimate of drug-likeness (QED) is 0.756. The van der Waals surface area contributed by atoms with Gasteiger partial charge in [-0.25, -0.2) is 12.4 Å². The number of rotatable bonds is 2. The van der Waals surface area contributed by atoms with Gasteiger partial charge in [-0.3, -0.25) is 4.79 Å². The van der Waals surface area contributed by atoms with Gasteiger partial charge in [0, 0.05) is 11.9 Å². The molecule has 0 saturated heterocycles. The third kappa shape index (κ3) is 1.65. The first-order valence-corrected chi connectivity index (χ1v) is 5.79. The third-order valence-corrected chi connectivity index (χ3v) is 3.24. The first-order valence-electron chi connectivity index (χ1n) is 3.94. The minimum absolute atomic E-state index is 0.243. The molecule has 78 valence electrons. The predicted molar refractivity (Wildman–Crippen MR) is 52.7 cm³/mol. The number of nitrogens with two attached hydrogens (primary N) is 1. The molecule has 0 saturated carbocycles. The molecule has 1 amide bonds. The Labute approximate surface area is 82.6 Å². The maximum absolute atomic E-state index is 11.3. The Balaban J connectivity index is 3.52. The maximum Gasteiger partial charge on any atom is 0.250 e. The van der Waals surface area contributed by atoms with Gasteiger partial charge in [0.25, 0.3) is 5.91 Å². The van der Waals surface area contributed by atoms with E-state index in [1.165, 1.54) is 6.20 Å². The molecule has 1 rings (SSSR count). The zero-order valence-corrected chi connectivity index (χ0v) is 9.05. The Hall–Kier alpha value is -1.30. The molecule has 0 spiro atoms. The van der Waals surface area contributed by atoms with E-state index in [9.17, 15) is 13.2 Å². The Kier molecular flexibility index (Phi) is 2.41. The third-order valence-electron chi connectivity index (χ3n) is 2.15. The SMILES string of the molecule is Cc1c(C(N)=O)cn(S(C)(=O)=O)c1C. The van der Waals surface area contributed by atoms with Crippen molar-refractivity contribution in [3.05, 3.63) is 23.0 Å². The summed E-state index contributed by atoms with van der Waals surface area (Å²) in [6, 6.07) is 0. The van der Waals surface area contributed by atoms with Crippen LogP contribution >= 0.6 is 0 Å². The van der Waals surface area contributed by atoms with Crippen LogP contribution in [0.15, 0.2) is 6.20 Å². The Morgan fingerprint density at radius 1 is 1.43 bits per heavy atom. The second kappa shape index (κ2) is 3.13. The van der Waals surface area contributed by atoms with Crippen LogP contribution in [0.5, 0.6) is 0 Å². The second-order valence-corrected chi connectivity index (χ2v) is 5.04. The van der Waals surface area contributed by atoms with Crippen molar-refractivity contribution in [1.82, 2.24) is 3.97 Å². The second-order valence-electron chi connectivity index (χ2n) is 3.18. The molecular weight excluding hydrogens is 204 g/mol. The highest BCUT2D eigenvalue weighted by Crippen LogP contribution is 2.16. The lowest BCUT2D eigenvalue weighted by molar-refractivity contribution is 0.1000. The topological polar surface area (TPSA) is 82.2 Å². The van der Waals surface area contributed by atoms with Crippen molar-refractivity contribution in [1.29, 1.82) is 0 Å². The Bertz CT molecular complexity index is 485. The summed E-state index contributed by atoms with van der Waals surface area (Å²) in [5.41, 5.74) is 6.45. The number of carbonyl (C=O) groups excluding carboxylic acids is 1. The molecule has 0 atom stereocenters. The molecule has 0 aliphatic rings. The van der Waals surface area contributed by atoms with Crippen LogP contribution < -0.4 is 5.73 Å². The number of primary amides is 1. The summed E-state index contributed by atoms with van der Waals surface area (Å²) in [5, 5.41) is 0. The normalized spacial score (nSPS) is 11.6. The van der Waals surface area contributed by atoms with Crippen molar-refractivity contribution in [2.24, 2.45) is 5.73 Å². The van der Waals surface area contributed by atoms with E-state index < -0.39 is 15.9 Å². The van der Waals surface area contributed by atoms with E-state index in [1.807, 2.05) is 0 Å². The molecule has 2 N–H and O–H groups in total. The van der Waals surface area contributed by atoms with Crippen LogP contribution in [0.3, 0.4) is 0 Å². The van der Waals surface area contributed by atoms with E-state index in [0.29, 0.717) is 11.3 Å². The molecule has 1 heterocycles. The first-order chi connectivity index (χ1) is 6.25. The van der Waals surface area contributed by atoms with Crippen molar-refractivity contribution >= 4 is 15.9 Å². The molecule has 0 aromatic carbocycles. The summed E-state index contributed by atoms with van der Waals surface area (Å²) in [6.07, 6.45) is 2.33. The van der Waals surface area contributed by atoms with Crippen LogP contribution in [0.4, 0.5) is 0 Å². The van der Waals surface area contributed by atoms with Crippen LogP contribution in [-0.2, 0) is 10.0 Å². The lowest BCUT2D eigenvalue weighted by Crippen LogP contribution is -2.12.